The highest BCUT2D eigenvalue weighted by Crippen LogP contribution is 2.37. The number of rotatable bonds is 8. The number of hydrogen-bond acceptors (Lipinski definition) is 6. The second-order valence-corrected chi connectivity index (χ2v) is 15.1. The quantitative estimate of drug-likeness (QED) is 0.146. The molecule has 0 aromatic heterocycles. The van der Waals surface area contributed by atoms with Gasteiger partial charge in [0.1, 0.15) is 24.4 Å². The number of carbonyl (C=O) groups is 1. The second kappa shape index (κ2) is 12.2. The van der Waals surface area contributed by atoms with Crippen LogP contribution in [0.1, 0.15) is 38.1 Å². The number of ether oxygens (including phenoxy) is 2. The zero-order valence-electron chi connectivity index (χ0n) is 22.7. The Bertz CT molecular complexity index is 1240. The van der Waals surface area contributed by atoms with E-state index in [-0.39, 0.29) is 11.6 Å². The van der Waals surface area contributed by atoms with Crippen LogP contribution in [-0.4, -0.2) is 56.5 Å². The normalized spacial score (nSPS) is 23.5. The van der Waals surface area contributed by atoms with Gasteiger partial charge in [-0.05, 0) is 40.0 Å². The summed E-state index contributed by atoms with van der Waals surface area (Å²) in [4.78, 5) is 15.8. The topological polar surface area (TPSA) is 114 Å². The highest BCUT2D eigenvalue weighted by molar-refractivity contribution is 6.99. The molecule has 1 fully saturated rings. The Morgan fingerprint density at radius 2 is 1.49 bits per heavy atom. The van der Waals surface area contributed by atoms with Crippen LogP contribution in [0.4, 0.5) is 0 Å². The highest BCUT2D eigenvalue weighted by Gasteiger charge is 2.52. The summed E-state index contributed by atoms with van der Waals surface area (Å²) in [6, 6.07) is 28.0. The van der Waals surface area contributed by atoms with Crippen LogP contribution in [0.15, 0.2) is 96.1 Å². The molecule has 1 aliphatic rings. The molecule has 0 spiro atoms. The molecule has 0 bridgehead atoms. The van der Waals surface area contributed by atoms with Crippen molar-refractivity contribution in [1.29, 1.82) is 0 Å². The van der Waals surface area contributed by atoms with Crippen LogP contribution in [0.3, 0.4) is 0 Å². The van der Waals surface area contributed by atoms with E-state index in [2.05, 4.69) is 55.1 Å². The van der Waals surface area contributed by atoms with Crippen molar-refractivity contribution in [3.8, 4) is 0 Å². The molecule has 3 aromatic carbocycles. The zero-order chi connectivity index (χ0) is 28.0. The number of nitrogens with zero attached hydrogens (tertiary/aromatic N) is 3. The van der Waals surface area contributed by atoms with Crippen molar-refractivity contribution in [2.45, 2.75) is 63.2 Å². The minimum Gasteiger partial charge on any atom is -0.455 e. The van der Waals surface area contributed by atoms with Gasteiger partial charge in [-0.3, -0.25) is 0 Å². The molecule has 1 saturated heterocycles. The highest BCUT2D eigenvalue weighted by atomic mass is 28.4. The summed E-state index contributed by atoms with van der Waals surface area (Å²) >= 11 is 0. The van der Waals surface area contributed by atoms with Gasteiger partial charge in [-0.15, -0.1) is 0 Å². The number of esters is 1. The van der Waals surface area contributed by atoms with E-state index in [0.717, 1.165) is 10.4 Å². The number of aliphatic hydroxyl groups is 1. The lowest BCUT2D eigenvalue weighted by molar-refractivity contribution is -0.183. The van der Waals surface area contributed by atoms with Gasteiger partial charge < -0.3 is 19.0 Å². The molecule has 4 rings (SSSR count). The molecule has 0 saturated carbocycles. The van der Waals surface area contributed by atoms with E-state index < -0.39 is 44.7 Å². The number of aliphatic hydroxyl groups excluding tert-OH is 1. The number of azide groups is 1. The average molecular weight is 546 g/mol. The van der Waals surface area contributed by atoms with Gasteiger partial charge in [0.15, 0.2) is 0 Å². The maximum atomic E-state index is 12.9. The third-order valence-corrected chi connectivity index (χ3v) is 12.2. The third-order valence-electron chi connectivity index (χ3n) is 7.24. The fraction of sp³-hybridized carbons (Fsp3) is 0.367. The van der Waals surface area contributed by atoms with Crippen LogP contribution in [0.25, 0.3) is 10.4 Å². The maximum Gasteiger partial charge on any atom is 0.338 e. The summed E-state index contributed by atoms with van der Waals surface area (Å²) in [6.07, 6.45) is -3.82. The van der Waals surface area contributed by atoms with Crippen LogP contribution < -0.4 is 10.4 Å². The lowest BCUT2D eigenvalue weighted by Crippen LogP contribution is -2.68. The average Bonchev–Trinajstić information content (AvgIpc) is 2.94. The third kappa shape index (κ3) is 5.93. The van der Waals surface area contributed by atoms with Gasteiger partial charge in [-0.1, -0.05) is 105 Å². The summed E-state index contributed by atoms with van der Waals surface area (Å²) in [6.45, 7) is 8.30. The van der Waals surface area contributed by atoms with Crippen LogP contribution in [0.5, 0.6) is 0 Å². The van der Waals surface area contributed by atoms with Gasteiger partial charge in [0.2, 0.25) is 0 Å². The first kappa shape index (κ1) is 28.5. The Kier molecular flexibility index (Phi) is 8.89. The first-order valence-electron chi connectivity index (χ1n) is 13.1. The molecule has 9 heteroatoms. The number of hydrogen-bond donors (Lipinski definition) is 1. The Morgan fingerprint density at radius 1 is 0.974 bits per heavy atom. The van der Waals surface area contributed by atoms with Crippen molar-refractivity contribution < 1.29 is 23.8 Å². The zero-order valence-corrected chi connectivity index (χ0v) is 23.7. The van der Waals surface area contributed by atoms with Gasteiger partial charge in [0, 0.05) is 4.91 Å². The summed E-state index contributed by atoms with van der Waals surface area (Å²) in [5, 5.41) is 17.2. The number of benzene rings is 3. The predicted molar refractivity (Wildman–Crippen MR) is 152 cm³/mol. The largest absolute Gasteiger partial charge is 0.455 e. The van der Waals surface area contributed by atoms with Gasteiger partial charge in [-0.25, -0.2) is 4.79 Å². The molecule has 204 valence electrons. The van der Waals surface area contributed by atoms with Crippen molar-refractivity contribution in [1.82, 2.24) is 0 Å². The molecule has 5 atom stereocenters. The first-order valence-corrected chi connectivity index (χ1v) is 15.0. The van der Waals surface area contributed by atoms with Crippen LogP contribution in [-0.2, 0) is 13.9 Å². The van der Waals surface area contributed by atoms with Crippen molar-refractivity contribution in [2.24, 2.45) is 5.11 Å². The summed E-state index contributed by atoms with van der Waals surface area (Å²) in [5.74, 6) is -0.612. The molecule has 8 nitrogen and oxygen atoms in total. The van der Waals surface area contributed by atoms with Gasteiger partial charge in [-0.2, -0.15) is 0 Å². The molecule has 3 aromatic rings. The van der Waals surface area contributed by atoms with Crippen molar-refractivity contribution >= 4 is 24.7 Å². The molecular weight excluding hydrogens is 510 g/mol. The monoisotopic (exact) mass is 545 g/mol. The summed E-state index contributed by atoms with van der Waals surface area (Å²) < 4.78 is 18.9. The molecule has 1 aliphatic heterocycles. The van der Waals surface area contributed by atoms with Gasteiger partial charge in [0.25, 0.3) is 8.32 Å². The Balaban J connectivity index is 1.67. The minimum atomic E-state index is -2.90. The summed E-state index contributed by atoms with van der Waals surface area (Å²) in [7, 11) is -2.90. The van der Waals surface area contributed by atoms with Crippen LogP contribution in [0.2, 0.25) is 5.04 Å². The van der Waals surface area contributed by atoms with Gasteiger partial charge in [0.05, 0.1) is 18.3 Å². The molecule has 1 heterocycles. The van der Waals surface area contributed by atoms with Crippen LogP contribution >= 0.6 is 0 Å². The van der Waals surface area contributed by atoms with E-state index in [1.165, 1.54) is 0 Å². The SMILES string of the molecule is C[C@@H]1OC(CO[Si](c2ccccc2)(c2ccccc2)C(C)(C)C)[C@@H](O)[C@H](OC(=O)c2ccccc2)C1N=[N+]=[N-]. The molecule has 0 aliphatic carbocycles. The Hall–Kier alpha value is -3.46. The Morgan fingerprint density at radius 3 is 1.97 bits per heavy atom. The van der Waals surface area contributed by atoms with Crippen molar-refractivity contribution in [3.05, 3.63) is 107 Å². The van der Waals surface area contributed by atoms with E-state index in [1.807, 2.05) is 36.4 Å². The Labute approximate surface area is 230 Å². The standard InChI is InChI=1S/C30H35N3O5Si/c1-21-26(32-33-31)28(38-29(35)22-14-8-5-9-15-22)27(34)25(37-21)20-36-39(30(2,3)4,23-16-10-6-11-17-23)24-18-12-7-13-19-24/h5-19,21,25-28,34H,20H2,1-4H3/t21-,25?,26?,27+,28+/m0/s1. The molecule has 1 N–H and O–H groups in total. The summed E-state index contributed by atoms with van der Waals surface area (Å²) in [5.41, 5.74) is 9.51. The minimum absolute atomic E-state index is 0.0567. The number of carbonyl (C=O) groups excluding carboxylic acids is 1. The fourth-order valence-electron chi connectivity index (χ4n) is 5.35. The predicted octanol–water partition coefficient (Wildman–Crippen LogP) is 4.62. The maximum absolute atomic E-state index is 12.9. The molecule has 39 heavy (non-hydrogen) atoms. The van der Waals surface area contributed by atoms with Crippen molar-refractivity contribution in [3.63, 3.8) is 0 Å². The molecular formula is C30H35N3O5Si. The van der Waals surface area contributed by atoms with E-state index in [1.54, 1.807) is 37.3 Å². The molecule has 0 radical (unpaired) electrons. The molecule has 2 unspecified atom stereocenters. The lowest BCUT2D eigenvalue weighted by Gasteiger charge is -2.46. The second-order valence-electron chi connectivity index (χ2n) is 10.8. The molecule has 0 amide bonds. The fourth-order valence-corrected chi connectivity index (χ4v) is 9.92. The van der Waals surface area contributed by atoms with E-state index >= 15 is 0 Å². The van der Waals surface area contributed by atoms with Gasteiger partial charge >= 0.3 is 5.97 Å². The lowest BCUT2D eigenvalue weighted by atomic mass is 9.94. The van der Waals surface area contributed by atoms with E-state index in [0.29, 0.717) is 5.56 Å². The van der Waals surface area contributed by atoms with E-state index in [4.69, 9.17) is 13.9 Å². The van der Waals surface area contributed by atoms with Crippen LogP contribution in [0, 0.1) is 0 Å². The van der Waals surface area contributed by atoms with E-state index in [9.17, 15) is 15.4 Å². The first-order chi connectivity index (χ1) is 18.7. The smallest absolute Gasteiger partial charge is 0.338 e. The van der Waals surface area contributed by atoms with Crippen molar-refractivity contribution in [2.75, 3.05) is 6.61 Å².